The van der Waals surface area contributed by atoms with Crippen LogP contribution in [0.3, 0.4) is 0 Å². The van der Waals surface area contributed by atoms with E-state index in [-0.39, 0.29) is 0 Å². The van der Waals surface area contributed by atoms with Gasteiger partial charge in [-0.15, -0.1) is 0 Å². The highest BCUT2D eigenvalue weighted by Crippen LogP contribution is 2.03. The van der Waals surface area contributed by atoms with Crippen molar-refractivity contribution in [3.63, 3.8) is 0 Å². The third kappa shape index (κ3) is 8.26. The van der Waals surface area contributed by atoms with Crippen LogP contribution in [0.2, 0.25) is 0 Å². The van der Waals surface area contributed by atoms with Crippen LogP contribution in [0.4, 0.5) is 0 Å². The Morgan fingerprint density at radius 1 is 1.23 bits per heavy atom. The second-order valence-electron chi connectivity index (χ2n) is 3.40. The molecular weight excluding hydrogens is 162 g/mol. The molecule has 80 valence electrons. The van der Waals surface area contributed by atoms with Crippen molar-refractivity contribution in [1.29, 1.82) is 0 Å². The Morgan fingerprint density at radius 2 is 2.00 bits per heavy atom. The molecule has 0 saturated carbocycles. The maximum Gasteiger partial charge on any atom is 0.0590 e. The minimum absolute atomic E-state index is 0.695. The number of hydrogen-bond donors (Lipinski definition) is 1. The van der Waals surface area contributed by atoms with Crippen LogP contribution in [0, 0.1) is 0 Å². The average molecular weight is 187 g/mol. The van der Waals surface area contributed by atoms with Gasteiger partial charge in [0, 0.05) is 19.2 Å². The molecule has 0 aromatic rings. The van der Waals surface area contributed by atoms with Gasteiger partial charge in [0.25, 0.3) is 0 Å². The lowest BCUT2D eigenvalue weighted by Crippen LogP contribution is -2.31. The van der Waals surface area contributed by atoms with E-state index >= 15 is 0 Å². The summed E-state index contributed by atoms with van der Waals surface area (Å²) in [6, 6.07) is 0.695. The zero-order chi connectivity index (χ0) is 9.94. The smallest absolute Gasteiger partial charge is 0.0590 e. The summed E-state index contributed by atoms with van der Waals surface area (Å²) < 4.78 is 5.27. The predicted molar refractivity (Wildman–Crippen MR) is 58.1 cm³/mol. The first-order valence-corrected chi connectivity index (χ1v) is 5.66. The maximum absolute atomic E-state index is 5.27. The molecule has 0 heterocycles. The van der Waals surface area contributed by atoms with Crippen molar-refractivity contribution in [3.05, 3.63) is 0 Å². The van der Waals surface area contributed by atoms with Gasteiger partial charge in [-0.1, -0.05) is 26.7 Å². The zero-order valence-electron chi connectivity index (χ0n) is 9.44. The first-order valence-electron chi connectivity index (χ1n) is 5.66. The van der Waals surface area contributed by atoms with Crippen molar-refractivity contribution in [2.45, 2.75) is 52.5 Å². The number of nitrogens with one attached hydrogen (secondary N) is 1. The summed E-state index contributed by atoms with van der Waals surface area (Å²) in [5.74, 6) is 0. The molecule has 0 aliphatic carbocycles. The molecule has 2 heteroatoms. The van der Waals surface area contributed by atoms with Gasteiger partial charge in [0.05, 0.1) is 6.61 Å². The van der Waals surface area contributed by atoms with Crippen LogP contribution in [0.5, 0.6) is 0 Å². The van der Waals surface area contributed by atoms with Crippen molar-refractivity contribution < 1.29 is 4.74 Å². The number of unbranched alkanes of at least 4 members (excludes halogenated alkanes) is 1. The van der Waals surface area contributed by atoms with Crippen molar-refractivity contribution >= 4 is 0 Å². The Hall–Kier alpha value is -0.0800. The summed E-state index contributed by atoms with van der Waals surface area (Å²) in [6.45, 7) is 9.19. The van der Waals surface area contributed by atoms with Gasteiger partial charge in [-0.25, -0.2) is 0 Å². The van der Waals surface area contributed by atoms with Crippen molar-refractivity contribution in [2.75, 3.05) is 19.8 Å². The number of rotatable bonds is 9. The highest BCUT2D eigenvalue weighted by molar-refractivity contribution is 4.63. The minimum atomic E-state index is 0.695. The van der Waals surface area contributed by atoms with E-state index in [9.17, 15) is 0 Å². The van der Waals surface area contributed by atoms with E-state index < -0.39 is 0 Å². The quantitative estimate of drug-likeness (QED) is 0.560. The SMILES string of the molecule is CCCCC(CC)NCCOCC. The summed E-state index contributed by atoms with van der Waals surface area (Å²) in [5, 5.41) is 3.51. The van der Waals surface area contributed by atoms with E-state index in [4.69, 9.17) is 4.74 Å². The first kappa shape index (κ1) is 12.9. The summed E-state index contributed by atoms with van der Waals surface area (Å²) in [6.07, 6.45) is 5.16. The lowest BCUT2D eigenvalue weighted by atomic mass is 10.1. The molecule has 0 radical (unpaired) electrons. The zero-order valence-corrected chi connectivity index (χ0v) is 9.44. The molecular formula is C11H25NO. The van der Waals surface area contributed by atoms with Crippen molar-refractivity contribution in [1.82, 2.24) is 5.32 Å². The van der Waals surface area contributed by atoms with Crippen molar-refractivity contribution in [2.24, 2.45) is 0 Å². The van der Waals surface area contributed by atoms with Gasteiger partial charge < -0.3 is 10.1 Å². The van der Waals surface area contributed by atoms with Gasteiger partial charge in [-0.3, -0.25) is 0 Å². The van der Waals surface area contributed by atoms with E-state index in [1.165, 1.54) is 25.7 Å². The van der Waals surface area contributed by atoms with Gasteiger partial charge in [-0.2, -0.15) is 0 Å². The van der Waals surface area contributed by atoms with Crippen LogP contribution in [-0.2, 0) is 4.74 Å². The Kier molecular flexibility index (Phi) is 9.94. The Morgan fingerprint density at radius 3 is 2.54 bits per heavy atom. The molecule has 0 aromatic carbocycles. The number of ether oxygens (including phenoxy) is 1. The monoisotopic (exact) mass is 187 g/mol. The molecule has 0 fully saturated rings. The van der Waals surface area contributed by atoms with Gasteiger partial charge >= 0.3 is 0 Å². The molecule has 0 bridgehead atoms. The first-order chi connectivity index (χ1) is 6.35. The molecule has 2 nitrogen and oxygen atoms in total. The Labute approximate surface area is 83.1 Å². The summed E-state index contributed by atoms with van der Waals surface area (Å²) in [7, 11) is 0. The van der Waals surface area contributed by atoms with E-state index in [0.717, 1.165) is 19.8 Å². The van der Waals surface area contributed by atoms with E-state index in [2.05, 4.69) is 19.2 Å². The predicted octanol–water partition coefficient (Wildman–Crippen LogP) is 2.58. The number of hydrogen-bond acceptors (Lipinski definition) is 2. The van der Waals surface area contributed by atoms with Crippen LogP contribution in [-0.4, -0.2) is 25.8 Å². The fourth-order valence-corrected chi connectivity index (χ4v) is 1.38. The third-order valence-corrected chi connectivity index (χ3v) is 2.28. The highest BCUT2D eigenvalue weighted by atomic mass is 16.5. The molecule has 1 atom stereocenters. The molecule has 0 aromatic heterocycles. The second-order valence-corrected chi connectivity index (χ2v) is 3.40. The summed E-state index contributed by atoms with van der Waals surface area (Å²) in [5.41, 5.74) is 0. The van der Waals surface area contributed by atoms with E-state index in [1.807, 2.05) is 6.92 Å². The van der Waals surface area contributed by atoms with Crippen LogP contribution < -0.4 is 5.32 Å². The third-order valence-electron chi connectivity index (χ3n) is 2.28. The van der Waals surface area contributed by atoms with Gasteiger partial charge in [0.15, 0.2) is 0 Å². The van der Waals surface area contributed by atoms with Crippen LogP contribution in [0.25, 0.3) is 0 Å². The normalized spacial score (nSPS) is 13.2. The second kappa shape index (κ2) is 10.0. The average Bonchev–Trinajstić information content (AvgIpc) is 2.17. The van der Waals surface area contributed by atoms with Crippen LogP contribution in [0.1, 0.15) is 46.5 Å². The molecule has 0 amide bonds. The Balaban J connectivity index is 3.25. The molecule has 0 spiro atoms. The van der Waals surface area contributed by atoms with Gasteiger partial charge in [0.1, 0.15) is 0 Å². The van der Waals surface area contributed by atoms with Crippen LogP contribution in [0.15, 0.2) is 0 Å². The fraction of sp³-hybridized carbons (Fsp3) is 1.00. The maximum atomic E-state index is 5.27. The minimum Gasteiger partial charge on any atom is -0.380 e. The molecule has 0 aliphatic rings. The lowest BCUT2D eigenvalue weighted by molar-refractivity contribution is 0.146. The molecule has 0 aliphatic heterocycles. The van der Waals surface area contributed by atoms with Gasteiger partial charge in [-0.05, 0) is 19.8 Å². The van der Waals surface area contributed by atoms with Crippen LogP contribution >= 0.6 is 0 Å². The molecule has 0 saturated heterocycles. The largest absolute Gasteiger partial charge is 0.380 e. The fourth-order valence-electron chi connectivity index (χ4n) is 1.38. The van der Waals surface area contributed by atoms with E-state index in [0.29, 0.717) is 6.04 Å². The van der Waals surface area contributed by atoms with Gasteiger partial charge in [0.2, 0.25) is 0 Å². The molecule has 13 heavy (non-hydrogen) atoms. The lowest BCUT2D eigenvalue weighted by Gasteiger charge is -2.16. The summed E-state index contributed by atoms with van der Waals surface area (Å²) in [4.78, 5) is 0. The summed E-state index contributed by atoms with van der Waals surface area (Å²) >= 11 is 0. The molecule has 0 rings (SSSR count). The highest BCUT2D eigenvalue weighted by Gasteiger charge is 2.03. The van der Waals surface area contributed by atoms with E-state index in [1.54, 1.807) is 0 Å². The molecule has 1 N–H and O–H groups in total. The standard InChI is InChI=1S/C11H25NO/c1-4-7-8-11(5-2)12-9-10-13-6-3/h11-12H,4-10H2,1-3H3. The molecule has 1 unspecified atom stereocenters. The van der Waals surface area contributed by atoms with Crippen molar-refractivity contribution in [3.8, 4) is 0 Å². The topological polar surface area (TPSA) is 21.3 Å². The Bertz CT molecular complexity index is 96.1.